The molecule has 9 heteroatoms. The number of methoxy groups -OCH3 is 1. The molecule has 0 saturated carbocycles. The summed E-state index contributed by atoms with van der Waals surface area (Å²) >= 11 is 0. The number of nitrogens with one attached hydrogen (secondary N) is 1. The molecule has 1 aromatic rings. The Morgan fingerprint density at radius 2 is 2.00 bits per heavy atom. The standard InChI is InChI=1S/C16H18N4O5/c1-9-6-10(2)19(14(22)11(9)8-17)4-5-20-15(23)12(18-16(20)24)7-13(21)25-3/h6,12H,4-5,7H2,1-3H3,(H,18,24)/t12-/m0/s1. The maximum atomic E-state index is 12.3. The largest absolute Gasteiger partial charge is 0.469 e. The molecule has 2 heterocycles. The van der Waals surface area contributed by atoms with E-state index in [1.54, 1.807) is 19.9 Å². The van der Waals surface area contributed by atoms with E-state index in [1.165, 1.54) is 11.7 Å². The predicted octanol–water partition coefficient (Wildman–Crippen LogP) is -0.180. The van der Waals surface area contributed by atoms with Crippen molar-refractivity contribution in [3.63, 3.8) is 0 Å². The molecule has 2 rings (SSSR count). The second-order valence-corrected chi connectivity index (χ2v) is 5.68. The van der Waals surface area contributed by atoms with Crippen molar-refractivity contribution in [1.82, 2.24) is 14.8 Å². The lowest BCUT2D eigenvalue weighted by Crippen LogP contribution is -2.37. The van der Waals surface area contributed by atoms with Gasteiger partial charge in [0.05, 0.1) is 13.5 Å². The van der Waals surface area contributed by atoms with Crippen molar-refractivity contribution in [3.05, 3.63) is 33.2 Å². The topological polar surface area (TPSA) is 122 Å². The smallest absolute Gasteiger partial charge is 0.324 e. The Labute approximate surface area is 143 Å². The van der Waals surface area contributed by atoms with Gasteiger partial charge in [0, 0.05) is 18.8 Å². The first-order chi connectivity index (χ1) is 11.8. The molecule has 1 aliphatic heterocycles. The Morgan fingerprint density at radius 1 is 1.32 bits per heavy atom. The monoisotopic (exact) mass is 346 g/mol. The lowest BCUT2D eigenvalue weighted by molar-refractivity contribution is -0.143. The third kappa shape index (κ3) is 3.52. The lowest BCUT2D eigenvalue weighted by atomic mass is 10.1. The maximum absolute atomic E-state index is 12.3. The van der Waals surface area contributed by atoms with E-state index in [1.807, 2.05) is 6.07 Å². The van der Waals surface area contributed by atoms with Crippen LogP contribution < -0.4 is 10.9 Å². The van der Waals surface area contributed by atoms with Gasteiger partial charge in [0.1, 0.15) is 17.7 Å². The van der Waals surface area contributed by atoms with Crippen molar-refractivity contribution in [1.29, 1.82) is 5.26 Å². The normalized spacial score (nSPS) is 16.6. The zero-order valence-electron chi connectivity index (χ0n) is 14.2. The number of nitrogens with zero attached hydrogens (tertiary/aromatic N) is 3. The van der Waals surface area contributed by atoms with E-state index < -0.39 is 29.5 Å². The summed E-state index contributed by atoms with van der Waals surface area (Å²) in [5.74, 6) is -1.15. The van der Waals surface area contributed by atoms with Gasteiger partial charge in [0.15, 0.2) is 0 Å². The summed E-state index contributed by atoms with van der Waals surface area (Å²) in [5.41, 5.74) is 0.776. The van der Waals surface area contributed by atoms with Crippen molar-refractivity contribution in [3.8, 4) is 6.07 Å². The molecule has 1 N–H and O–H groups in total. The second-order valence-electron chi connectivity index (χ2n) is 5.68. The molecule has 1 atom stereocenters. The van der Waals surface area contributed by atoms with Crippen molar-refractivity contribution < 1.29 is 19.1 Å². The SMILES string of the molecule is COC(=O)C[C@@H]1NC(=O)N(CCn2c(C)cc(C)c(C#N)c2=O)C1=O. The molecular formula is C16H18N4O5. The van der Waals surface area contributed by atoms with Crippen LogP contribution in [0.15, 0.2) is 10.9 Å². The number of rotatable bonds is 5. The van der Waals surface area contributed by atoms with Crippen LogP contribution in [0, 0.1) is 25.2 Å². The highest BCUT2D eigenvalue weighted by atomic mass is 16.5. The van der Waals surface area contributed by atoms with Crippen LogP contribution in [0.5, 0.6) is 0 Å². The minimum absolute atomic E-state index is 0.0337. The van der Waals surface area contributed by atoms with Gasteiger partial charge in [-0.25, -0.2) is 4.79 Å². The van der Waals surface area contributed by atoms with Gasteiger partial charge in [-0.1, -0.05) is 0 Å². The second kappa shape index (κ2) is 7.17. The van der Waals surface area contributed by atoms with Crippen molar-refractivity contribution in [2.24, 2.45) is 0 Å². The van der Waals surface area contributed by atoms with E-state index in [4.69, 9.17) is 5.26 Å². The summed E-state index contributed by atoms with van der Waals surface area (Å²) in [7, 11) is 1.20. The van der Waals surface area contributed by atoms with Gasteiger partial charge in [-0.2, -0.15) is 5.26 Å². The van der Waals surface area contributed by atoms with Crippen LogP contribution in [-0.4, -0.2) is 47.1 Å². The van der Waals surface area contributed by atoms with Gasteiger partial charge in [-0.05, 0) is 25.5 Å². The molecule has 0 spiro atoms. The zero-order valence-corrected chi connectivity index (χ0v) is 14.2. The number of hydrogen-bond acceptors (Lipinski definition) is 6. The van der Waals surface area contributed by atoms with E-state index in [0.717, 1.165) is 4.90 Å². The summed E-state index contributed by atoms with van der Waals surface area (Å²) < 4.78 is 5.84. The number of imide groups is 1. The van der Waals surface area contributed by atoms with Gasteiger partial charge in [0.25, 0.3) is 11.5 Å². The van der Waals surface area contributed by atoms with Crippen LogP contribution in [0.25, 0.3) is 0 Å². The Morgan fingerprint density at radius 3 is 2.60 bits per heavy atom. The van der Waals surface area contributed by atoms with Crippen LogP contribution in [0.3, 0.4) is 0 Å². The number of amides is 3. The summed E-state index contributed by atoms with van der Waals surface area (Å²) in [6.07, 6.45) is -0.250. The Kier molecular flexibility index (Phi) is 5.22. The number of nitriles is 1. The first-order valence-corrected chi connectivity index (χ1v) is 7.60. The molecule has 0 aromatic carbocycles. The third-order valence-electron chi connectivity index (χ3n) is 4.07. The fraction of sp³-hybridized carbons (Fsp3) is 0.438. The first kappa shape index (κ1) is 18.2. The molecule has 1 fully saturated rings. The highest BCUT2D eigenvalue weighted by molar-refractivity contribution is 6.05. The molecule has 3 amide bonds. The summed E-state index contributed by atoms with van der Waals surface area (Å²) in [6, 6.07) is 1.97. The van der Waals surface area contributed by atoms with Crippen LogP contribution >= 0.6 is 0 Å². The fourth-order valence-corrected chi connectivity index (χ4v) is 2.72. The van der Waals surface area contributed by atoms with E-state index in [-0.39, 0.29) is 25.1 Å². The maximum Gasteiger partial charge on any atom is 0.324 e. The highest BCUT2D eigenvalue weighted by Crippen LogP contribution is 2.11. The number of ether oxygens (including phenoxy) is 1. The van der Waals surface area contributed by atoms with Gasteiger partial charge in [0.2, 0.25) is 0 Å². The van der Waals surface area contributed by atoms with Crippen molar-refractivity contribution >= 4 is 17.9 Å². The van der Waals surface area contributed by atoms with Gasteiger partial charge < -0.3 is 14.6 Å². The Balaban J connectivity index is 2.16. The molecule has 1 aromatic heterocycles. The average Bonchev–Trinajstić information content (AvgIpc) is 2.81. The molecule has 0 bridgehead atoms. The van der Waals surface area contributed by atoms with Crippen LogP contribution in [0.2, 0.25) is 0 Å². The fourth-order valence-electron chi connectivity index (χ4n) is 2.72. The van der Waals surface area contributed by atoms with Crippen LogP contribution in [-0.2, 0) is 20.9 Å². The van der Waals surface area contributed by atoms with Gasteiger partial charge >= 0.3 is 12.0 Å². The molecular weight excluding hydrogens is 328 g/mol. The highest BCUT2D eigenvalue weighted by Gasteiger charge is 2.39. The van der Waals surface area contributed by atoms with E-state index in [9.17, 15) is 19.2 Å². The number of hydrogen-bond donors (Lipinski definition) is 1. The Hall–Kier alpha value is -3.15. The quantitative estimate of drug-likeness (QED) is 0.583. The minimum Gasteiger partial charge on any atom is -0.469 e. The summed E-state index contributed by atoms with van der Waals surface area (Å²) in [6.45, 7) is 3.40. The Bertz CT molecular complexity index is 836. The molecule has 132 valence electrons. The van der Waals surface area contributed by atoms with E-state index >= 15 is 0 Å². The lowest BCUT2D eigenvalue weighted by Gasteiger charge is -2.16. The van der Waals surface area contributed by atoms with E-state index in [0.29, 0.717) is 11.3 Å². The number of aryl methyl sites for hydroxylation is 2. The molecule has 1 saturated heterocycles. The first-order valence-electron chi connectivity index (χ1n) is 7.60. The molecule has 25 heavy (non-hydrogen) atoms. The molecule has 0 aliphatic carbocycles. The zero-order chi connectivity index (χ0) is 18.7. The molecule has 0 radical (unpaired) electrons. The number of carbonyl (C=O) groups excluding carboxylic acids is 3. The number of esters is 1. The number of carbonyl (C=O) groups is 3. The summed E-state index contributed by atoms with van der Waals surface area (Å²) in [4.78, 5) is 48.7. The molecule has 0 unspecified atom stereocenters. The van der Waals surface area contributed by atoms with Gasteiger partial charge in [-0.3, -0.25) is 19.3 Å². The van der Waals surface area contributed by atoms with E-state index in [2.05, 4.69) is 10.1 Å². The third-order valence-corrected chi connectivity index (χ3v) is 4.07. The van der Waals surface area contributed by atoms with Crippen LogP contribution in [0.4, 0.5) is 4.79 Å². The predicted molar refractivity (Wildman–Crippen MR) is 85.6 cm³/mol. The minimum atomic E-state index is -0.967. The number of aromatic nitrogens is 1. The van der Waals surface area contributed by atoms with Crippen LogP contribution in [0.1, 0.15) is 23.2 Å². The molecule has 9 nitrogen and oxygen atoms in total. The van der Waals surface area contributed by atoms with Gasteiger partial charge in [-0.15, -0.1) is 0 Å². The van der Waals surface area contributed by atoms with Crippen molar-refractivity contribution in [2.45, 2.75) is 32.9 Å². The number of urea groups is 1. The average molecular weight is 346 g/mol. The van der Waals surface area contributed by atoms with Crippen molar-refractivity contribution in [2.75, 3.05) is 13.7 Å². The molecule has 1 aliphatic rings. The summed E-state index contributed by atoms with van der Waals surface area (Å²) in [5, 5.41) is 11.5. The number of pyridine rings is 1.